The molecular formula is C12H16N2OS. The van der Waals surface area contributed by atoms with Crippen LogP contribution in [0.25, 0.3) is 0 Å². The Balaban J connectivity index is 2.14. The van der Waals surface area contributed by atoms with Crippen LogP contribution in [0.2, 0.25) is 0 Å². The second-order valence-electron chi connectivity index (χ2n) is 4.07. The number of aliphatic hydroxyl groups excluding tert-OH is 1. The molecule has 1 N–H and O–H groups in total. The maximum absolute atomic E-state index is 10.1. The van der Waals surface area contributed by atoms with Gasteiger partial charge in [0, 0.05) is 29.4 Å². The summed E-state index contributed by atoms with van der Waals surface area (Å²) in [5, 5.41) is 14.4. The molecule has 1 unspecified atom stereocenters. The van der Waals surface area contributed by atoms with E-state index in [2.05, 4.69) is 25.0 Å². The molecule has 2 aromatic heterocycles. The van der Waals surface area contributed by atoms with Crippen LogP contribution in [0.5, 0.6) is 0 Å². The van der Waals surface area contributed by atoms with Gasteiger partial charge in [-0.25, -0.2) is 0 Å². The summed E-state index contributed by atoms with van der Waals surface area (Å²) in [5.74, 6) is 0. The molecule has 3 nitrogen and oxygen atoms in total. The Morgan fingerprint density at radius 1 is 1.50 bits per heavy atom. The number of hydrogen-bond acceptors (Lipinski definition) is 3. The molecule has 0 spiro atoms. The minimum atomic E-state index is -0.445. The van der Waals surface area contributed by atoms with Crippen LogP contribution in [0.4, 0.5) is 0 Å². The molecule has 0 amide bonds. The molecule has 0 saturated heterocycles. The molecule has 0 saturated carbocycles. The first-order valence-corrected chi connectivity index (χ1v) is 6.11. The molecule has 86 valence electrons. The lowest BCUT2D eigenvalue weighted by Gasteiger charge is -2.08. The molecule has 2 aromatic rings. The fraction of sp³-hybridized carbons (Fsp3) is 0.417. The zero-order valence-corrected chi connectivity index (χ0v) is 10.6. The first-order chi connectivity index (χ1) is 7.56. The monoisotopic (exact) mass is 236 g/mol. The van der Waals surface area contributed by atoms with Crippen LogP contribution >= 0.6 is 11.3 Å². The van der Waals surface area contributed by atoms with E-state index in [1.54, 1.807) is 16.0 Å². The molecule has 0 aliphatic carbocycles. The predicted octanol–water partition coefficient (Wildman–Crippen LogP) is 2.37. The van der Waals surface area contributed by atoms with Gasteiger partial charge in [-0.2, -0.15) is 5.10 Å². The lowest BCUT2D eigenvalue weighted by atomic mass is 10.1. The average Bonchev–Trinajstić information content (AvgIpc) is 2.73. The lowest BCUT2D eigenvalue weighted by molar-refractivity contribution is 0.177. The van der Waals surface area contributed by atoms with Crippen molar-refractivity contribution in [2.24, 2.45) is 7.05 Å². The van der Waals surface area contributed by atoms with Gasteiger partial charge in [0.15, 0.2) is 0 Å². The summed E-state index contributed by atoms with van der Waals surface area (Å²) >= 11 is 1.73. The molecule has 0 aliphatic heterocycles. The highest BCUT2D eigenvalue weighted by molar-refractivity contribution is 7.12. The highest BCUT2D eigenvalue weighted by atomic mass is 32.1. The summed E-state index contributed by atoms with van der Waals surface area (Å²) in [7, 11) is 1.88. The van der Waals surface area contributed by atoms with Gasteiger partial charge in [0.25, 0.3) is 0 Å². The number of nitrogens with zero attached hydrogens (tertiary/aromatic N) is 2. The Hall–Kier alpha value is -1.13. The van der Waals surface area contributed by atoms with Crippen LogP contribution in [0.3, 0.4) is 0 Å². The van der Waals surface area contributed by atoms with Crippen molar-refractivity contribution >= 4 is 11.3 Å². The third-order valence-corrected chi connectivity index (χ3v) is 3.59. The second-order valence-corrected chi connectivity index (χ2v) is 5.53. The number of aromatic nitrogens is 2. The number of hydrogen-bond donors (Lipinski definition) is 1. The molecule has 0 aromatic carbocycles. The molecule has 2 heterocycles. The van der Waals surface area contributed by atoms with Crippen molar-refractivity contribution in [3.8, 4) is 0 Å². The summed E-state index contributed by atoms with van der Waals surface area (Å²) in [6.45, 7) is 4.11. The zero-order valence-electron chi connectivity index (χ0n) is 9.77. The van der Waals surface area contributed by atoms with E-state index in [9.17, 15) is 5.11 Å². The Labute approximate surface area is 99.4 Å². The van der Waals surface area contributed by atoms with Gasteiger partial charge in [0.1, 0.15) is 0 Å². The number of aryl methyl sites for hydroxylation is 3. The van der Waals surface area contributed by atoms with Gasteiger partial charge >= 0.3 is 0 Å². The molecular weight excluding hydrogens is 220 g/mol. The SMILES string of the molecule is Cc1cc(C(O)Cc2ccn(C)n2)c(C)s1. The van der Waals surface area contributed by atoms with E-state index >= 15 is 0 Å². The van der Waals surface area contributed by atoms with Gasteiger partial charge in [0.05, 0.1) is 11.8 Å². The Kier molecular flexibility index (Phi) is 3.12. The highest BCUT2D eigenvalue weighted by Gasteiger charge is 2.14. The molecule has 16 heavy (non-hydrogen) atoms. The summed E-state index contributed by atoms with van der Waals surface area (Å²) in [6, 6.07) is 4.01. The van der Waals surface area contributed by atoms with Crippen LogP contribution in [-0.4, -0.2) is 14.9 Å². The van der Waals surface area contributed by atoms with E-state index in [0.717, 1.165) is 11.3 Å². The number of aliphatic hydroxyl groups is 1. The van der Waals surface area contributed by atoms with Crippen molar-refractivity contribution in [2.75, 3.05) is 0 Å². The minimum absolute atomic E-state index is 0.445. The first kappa shape index (κ1) is 11.4. The van der Waals surface area contributed by atoms with Crippen molar-refractivity contribution in [2.45, 2.75) is 26.4 Å². The predicted molar refractivity (Wildman–Crippen MR) is 65.7 cm³/mol. The zero-order chi connectivity index (χ0) is 11.7. The summed E-state index contributed by atoms with van der Waals surface area (Å²) in [4.78, 5) is 2.44. The number of rotatable bonds is 3. The fourth-order valence-corrected chi connectivity index (χ4v) is 2.84. The van der Waals surface area contributed by atoms with Crippen molar-refractivity contribution in [3.63, 3.8) is 0 Å². The molecule has 2 rings (SSSR count). The fourth-order valence-electron chi connectivity index (χ4n) is 1.86. The van der Waals surface area contributed by atoms with Crippen molar-refractivity contribution < 1.29 is 5.11 Å². The molecule has 1 atom stereocenters. The maximum atomic E-state index is 10.1. The minimum Gasteiger partial charge on any atom is -0.388 e. The smallest absolute Gasteiger partial charge is 0.0856 e. The van der Waals surface area contributed by atoms with E-state index in [-0.39, 0.29) is 0 Å². The Bertz CT molecular complexity index is 487. The van der Waals surface area contributed by atoms with Crippen LogP contribution < -0.4 is 0 Å². The van der Waals surface area contributed by atoms with E-state index < -0.39 is 6.10 Å². The third-order valence-electron chi connectivity index (χ3n) is 2.61. The van der Waals surface area contributed by atoms with Crippen LogP contribution in [0, 0.1) is 13.8 Å². The summed E-state index contributed by atoms with van der Waals surface area (Å²) < 4.78 is 1.76. The standard InChI is InChI=1S/C12H16N2OS/c1-8-6-11(9(2)16-8)12(15)7-10-4-5-14(3)13-10/h4-6,12,15H,7H2,1-3H3. The van der Waals surface area contributed by atoms with Crippen molar-refractivity contribution in [1.29, 1.82) is 0 Å². The van der Waals surface area contributed by atoms with E-state index in [1.807, 2.05) is 19.3 Å². The van der Waals surface area contributed by atoms with Crippen molar-refractivity contribution in [3.05, 3.63) is 39.3 Å². The second kappa shape index (κ2) is 4.39. The van der Waals surface area contributed by atoms with Crippen LogP contribution in [-0.2, 0) is 13.5 Å². The van der Waals surface area contributed by atoms with E-state index in [1.165, 1.54) is 9.75 Å². The van der Waals surface area contributed by atoms with E-state index in [4.69, 9.17) is 0 Å². The summed E-state index contributed by atoms with van der Waals surface area (Å²) in [6.07, 6.45) is 2.03. The van der Waals surface area contributed by atoms with Crippen LogP contribution in [0.1, 0.15) is 27.1 Å². The quantitative estimate of drug-likeness (QED) is 0.888. The average molecular weight is 236 g/mol. The van der Waals surface area contributed by atoms with Gasteiger partial charge < -0.3 is 5.11 Å². The molecule has 0 radical (unpaired) electrons. The third kappa shape index (κ3) is 2.33. The molecule has 0 aliphatic rings. The van der Waals surface area contributed by atoms with Crippen molar-refractivity contribution in [1.82, 2.24) is 9.78 Å². The van der Waals surface area contributed by atoms with Gasteiger partial charge in [-0.15, -0.1) is 11.3 Å². The van der Waals surface area contributed by atoms with Gasteiger partial charge in [0.2, 0.25) is 0 Å². The molecule has 0 fully saturated rings. The Morgan fingerprint density at radius 2 is 2.25 bits per heavy atom. The topological polar surface area (TPSA) is 38.0 Å². The molecule has 0 bridgehead atoms. The lowest BCUT2D eigenvalue weighted by Crippen LogP contribution is -2.03. The first-order valence-electron chi connectivity index (χ1n) is 5.30. The Morgan fingerprint density at radius 3 is 2.75 bits per heavy atom. The van der Waals surface area contributed by atoms with E-state index in [0.29, 0.717) is 6.42 Å². The van der Waals surface area contributed by atoms with Gasteiger partial charge in [-0.3, -0.25) is 4.68 Å². The normalized spacial score (nSPS) is 13.0. The highest BCUT2D eigenvalue weighted by Crippen LogP contribution is 2.28. The summed E-state index contributed by atoms with van der Waals surface area (Å²) in [5.41, 5.74) is 1.96. The van der Waals surface area contributed by atoms with Gasteiger partial charge in [-0.1, -0.05) is 0 Å². The largest absolute Gasteiger partial charge is 0.388 e. The maximum Gasteiger partial charge on any atom is 0.0856 e. The number of thiophene rings is 1. The van der Waals surface area contributed by atoms with Gasteiger partial charge in [-0.05, 0) is 31.5 Å². The van der Waals surface area contributed by atoms with Crippen LogP contribution in [0.15, 0.2) is 18.3 Å². The molecule has 4 heteroatoms.